The van der Waals surface area contributed by atoms with Gasteiger partial charge in [0.25, 0.3) is 5.91 Å². The molecule has 0 aliphatic carbocycles. The van der Waals surface area contributed by atoms with Gasteiger partial charge in [0.1, 0.15) is 4.88 Å². The summed E-state index contributed by atoms with van der Waals surface area (Å²) in [6.45, 7) is 3.93. The third-order valence-corrected chi connectivity index (χ3v) is 4.69. The molecular weight excluding hydrogens is 330 g/mol. The predicted octanol–water partition coefficient (Wildman–Crippen LogP) is 4.03. The maximum Gasteiger partial charge on any atom is 0.319 e. The van der Waals surface area contributed by atoms with Gasteiger partial charge in [-0.15, -0.1) is 29.7 Å². The monoisotopic (exact) mass is 347 g/mol. The van der Waals surface area contributed by atoms with E-state index >= 15 is 0 Å². The SMILES string of the molecule is C=CCNC(=O)Nc1ccc(NC(=O)c2sccc2SC)cc1. The third-order valence-electron chi connectivity index (χ3n) is 2.86. The average molecular weight is 347 g/mol. The highest BCUT2D eigenvalue weighted by atomic mass is 32.2. The van der Waals surface area contributed by atoms with Gasteiger partial charge < -0.3 is 16.0 Å². The van der Waals surface area contributed by atoms with Crippen molar-refractivity contribution >= 4 is 46.4 Å². The maximum absolute atomic E-state index is 12.2. The van der Waals surface area contributed by atoms with Crippen LogP contribution in [0.25, 0.3) is 0 Å². The Morgan fingerprint density at radius 3 is 2.43 bits per heavy atom. The zero-order valence-electron chi connectivity index (χ0n) is 12.6. The zero-order chi connectivity index (χ0) is 16.7. The van der Waals surface area contributed by atoms with Crippen molar-refractivity contribution in [2.45, 2.75) is 4.90 Å². The van der Waals surface area contributed by atoms with Crippen molar-refractivity contribution in [2.24, 2.45) is 0 Å². The number of urea groups is 1. The number of anilines is 2. The van der Waals surface area contributed by atoms with E-state index in [2.05, 4.69) is 22.5 Å². The molecule has 0 aliphatic rings. The summed E-state index contributed by atoms with van der Waals surface area (Å²) in [6, 6.07) is 8.57. The van der Waals surface area contributed by atoms with Crippen molar-refractivity contribution in [3.8, 4) is 0 Å². The molecule has 120 valence electrons. The number of hydrogen-bond acceptors (Lipinski definition) is 4. The molecule has 1 heterocycles. The van der Waals surface area contributed by atoms with Crippen LogP contribution in [0, 0.1) is 0 Å². The van der Waals surface area contributed by atoms with E-state index in [9.17, 15) is 9.59 Å². The summed E-state index contributed by atoms with van der Waals surface area (Å²) in [5.74, 6) is -0.131. The summed E-state index contributed by atoms with van der Waals surface area (Å²) >= 11 is 2.96. The second-order valence-electron chi connectivity index (χ2n) is 4.47. The summed E-state index contributed by atoms with van der Waals surface area (Å²) in [6.07, 6.45) is 3.54. The second kappa shape index (κ2) is 8.40. The first-order valence-corrected chi connectivity index (χ1v) is 8.93. The quantitative estimate of drug-likeness (QED) is 0.546. The van der Waals surface area contributed by atoms with Gasteiger partial charge in [0.05, 0.1) is 0 Å². The van der Waals surface area contributed by atoms with Crippen molar-refractivity contribution in [3.05, 3.63) is 53.2 Å². The molecule has 5 nitrogen and oxygen atoms in total. The molecule has 23 heavy (non-hydrogen) atoms. The van der Waals surface area contributed by atoms with Gasteiger partial charge in [-0.2, -0.15) is 0 Å². The molecular formula is C16H17N3O2S2. The minimum absolute atomic E-state index is 0.131. The Hall–Kier alpha value is -2.25. The Labute approximate surface area is 143 Å². The standard InChI is InChI=1S/C16H17N3O2S2/c1-3-9-17-16(21)19-12-6-4-11(5-7-12)18-15(20)14-13(22-2)8-10-23-14/h3-8,10H,1,9H2,2H3,(H,18,20)(H2,17,19,21). The summed E-state index contributed by atoms with van der Waals surface area (Å²) < 4.78 is 0. The van der Waals surface area contributed by atoms with Gasteiger partial charge in [0, 0.05) is 22.8 Å². The van der Waals surface area contributed by atoms with E-state index in [0.717, 1.165) is 4.90 Å². The van der Waals surface area contributed by atoms with Gasteiger partial charge in [-0.25, -0.2) is 4.79 Å². The molecule has 0 aliphatic heterocycles. The third kappa shape index (κ3) is 4.87. The second-order valence-corrected chi connectivity index (χ2v) is 6.24. The van der Waals surface area contributed by atoms with Crippen LogP contribution in [0.4, 0.5) is 16.2 Å². The van der Waals surface area contributed by atoms with Crippen molar-refractivity contribution in [3.63, 3.8) is 0 Å². The lowest BCUT2D eigenvalue weighted by Gasteiger charge is -2.08. The molecule has 1 aromatic heterocycles. The van der Waals surface area contributed by atoms with Crippen LogP contribution in [-0.2, 0) is 0 Å². The van der Waals surface area contributed by atoms with Crippen molar-refractivity contribution < 1.29 is 9.59 Å². The molecule has 3 amide bonds. The fraction of sp³-hybridized carbons (Fsp3) is 0.125. The Bertz CT molecular complexity index is 696. The fourth-order valence-electron chi connectivity index (χ4n) is 1.79. The van der Waals surface area contributed by atoms with E-state index in [1.165, 1.54) is 11.3 Å². The number of amides is 3. The molecule has 2 rings (SSSR count). The average Bonchev–Trinajstić information content (AvgIpc) is 3.03. The van der Waals surface area contributed by atoms with Gasteiger partial charge in [0.2, 0.25) is 0 Å². The van der Waals surface area contributed by atoms with Gasteiger partial charge in [-0.3, -0.25) is 4.79 Å². The largest absolute Gasteiger partial charge is 0.334 e. The molecule has 0 saturated carbocycles. The van der Waals surface area contributed by atoms with Crippen LogP contribution in [0.3, 0.4) is 0 Å². The van der Waals surface area contributed by atoms with Gasteiger partial charge in [0.15, 0.2) is 0 Å². The molecule has 3 N–H and O–H groups in total. The van der Waals surface area contributed by atoms with Crippen LogP contribution < -0.4 is 16.0 Å². The molecule has 1 aromatic carbocycles. The smallest absolute Gasteiger partial charge is 0.319 e. The lowest BCUT2D eigenvalue weighted by molar-refractivity contribution is 0.102. The van der Waals surface area contributed by atoms with Crippen LogP contribution in [-0.4, -0.2) is 24.7 Å². The number of nitrogens with one attached hydrogen (secondary N) is 3. The van der Waals surface area contributed by atoms with Crippen LogP contribution in [0.1, 0.15) is 9.67 Å². The molecule has 0 bridgehead atoms. The first kappa shape index (κ1) is 17.1. The Kier molecular flexibility index (Phi) is 6.25. The predicted molar refractivity (Wildman–Crippen MR) is 97.7 cm³/mol. The lowest BCUT2D eigenvalue weighted by Crippen LogP contribution is -2.28. The molecule has 0 fully saturated rings. The minimum Gasteiger partial charge on any atom is -0.334 e. The maximum atomic E-state index is 12.2. The number of hydrogen-bond donors (Lipinski definition) is 3. The van der Waals surface area contributed by atoms with E-state index in [1.807, 2.05) is 17.7 Å². The van der Waals surface area contributed by atoms with Crippen LogP contribution in [0.15, 0.2) is 53.3 Å². The Morgan fingerprint density at radius 2 is 1.83 bits per heavy atom. The number of rotatable bonds is 6. The van der Waals surface area contributed by atoms with E-state index < -0.39 is 0 Å². The molecule has 0 spiro atoms. The summed E-state index contributed by atoms with van der Waals surface area (Å²) in [4.78, 5) is 25.4. The van der Waals surface area contributed by atoms with Crippen LogP contribution >= 0.6 is 23.1 Å². The Morgan fingerprint density at radius 1 is 1.17 bits per heavy atom. The zero-order valence-corrected chi connectivity index (χ0v) is 14.2. The molecule has 0 radical (unpaired) electrons. The Balaban J connectivity index is 1.96. The summed E-state index contributed by atoms with van der Waals surface area (Å²) in [5.41, 5.74) is 1.32. The van der Waals surface area contributed by atoms with Crippen LogP contribution in [0.5, 0.6) is 0 Å². The number of thioether (sulfide) groups is 1. The molecule has 2 aromatic rings. The van der Waals surface area contributed by atoms with Gasteiger partial charge >= 0.3 is 6.03 Å². The van der Waals surface area contributed by atoms with Crippen LogP contribution in [0.2, 0.25) is 0 Å². The number of benzene rings is 1. The van der Waals surface area contributed by atoms with E-state index in [4.69, 9.17) is 0 Å². The summed E-state index contributed by atoms with van der Waals surface area (Å²) in [5, 5.41) is 10.1. The highest BCUT2D eigenvalue weighted by molar-refractivity contribution is 7.98. The molecule has 0 saturated heterocycles. The minimum atomic E-state index is -0.301. The van der Waals surface area contributed by atoms with Crippen molar-refractivity contribution in [1.82, 2.24) is 5.32 Å². The molecule has 0 atom stereocenters. The lowest BCUT2D eigenvalue weighted by atomic mass is 10.2. The summed E-state index contributed by atoms with van der Waals surface area (Å²) in [7, 11) is 0. The van der Waals surface area contributed by atoms with Gasteiger partial charge in [-0.1, -0.05) is 6.08 Å². The highest BCUT2D eigenvalue weighted by Gasteiger charge is 2.12. The van der Waals surface area contributed by atoms with Crippen molar-refractivity contribution in [1.29, 1.82) is 0 Å². The molecule has 0 unspecified atom stereocenters. The number of thiophene rings is 1. The molecule has 7 heteroatoms. The van der Waals surface area contributed by atoms with Crippen molar-refractivity contribution in [2.75, 3.05) is 23.4 Å². The number of carbonyl (C=O) groups is 2. The normalized spacial score (nSPS) is 9.96. The fourth-order valence-corrected chi connectivity index (χ4v) is 3.43. The van der Waals surface area contributed by atoms with E-state index in [1.54, 1.807) is 42.1 Å². The van der Waals surface area contributed by atoms with E-state index in [0.29, 0.717) is 22.8 Å². The highest BCUT2D eigenvalue weighted by Crippen LogP contribution is 2.26. The number of carbonyl (C=O) groups excluding carboxylic acids is 2. The first-order chi connectivity index (χ1) is 11.1. The van der Waals surface area contributed by atoms with Gasteiger partial charge in [-0.05, 0) is 42.0 Å². The first-order valence-electron chi connectivity index (χ1n) is 6.82. The van der Waals surface area contributed by atoms with E-state index in [-0.39, 0.29) is 11.9 Å². The topological polar surface area (TPSA) is 70.2 Å².